The van der Waals surface area contributed by atoms with Crippen LogP contribution in [0, 0.1) is 0 Å². The molecule has 0 spiro atoms. The van der Waals surface area contributed by atoms with E-state index in [9.17, 15) is 13.2 Å². The number of nitrogens with one attached hydrogen (secondary N) is 2. The van der Waals surface area contributed by atoms with Crippen molar-refractivity contribution in [3.8, 4) is 0 Å². The maximum Gasteiger partial charge on any atom is 0.264 e. The first-order valence-electron chi connectivity index (χ1n) is 8.07. The molecule has 0 bridgehead atoms. The van der Waals surface area contributed by atoms with E-state index in [0.717, 1.165) is 10.0 Å². The molecule has 0 atom stereocenters. The average Bonchev–Trinajstić information content (AvgIpc) is 2.67. The zero-order valence-electron chi connectivity index (χ0n) is 14.4. The van der Waals surface area contributed by atoms with E-state index >= 15 is 0 Å². The van der Waals surface area contributed by atoms with Crippen molar-refractivity contribution in [2.75, 3.05) is 10.0 Å². The topological polar surface area (TPSA) is 101 Å². The Kier molecular flexibility index (Phi) is 6.17. The Hall–Kier alpha value is -3.04. The van der Waals surface area contributed by atoms with Crippen molar-refractivity contribution in [3.05, 3.63) is 83.1 Å². The van der Waals surface area contributed by atoms with E-state index < -0.39 is 10.0 Å². The first kappa shape index (κ1) is 19.7. The van der Waals surface area contributed by atoms with Crippen molar-refractivity contribution >= 4 is 49.6 Å². The third kappa shape index (κ3) is 5.48. The van der Waals surface area contributed by atoms with Crippen LogP contribution in [0.3, 0.4) is 0 Å². The maximum atomic E-state index is 12.3. The van der Waals surface area contributed by atoms with E-state index in [1.807, 2.05) is 24.3 Å². The highest BCUT2D eigenvalue weighted by molar-refractivity contribution is 9.10. The van der Waals surface area contributed by atoms with Crippen LogP contribution in [0.5, 0.6) is 0 Å². The SMILES string of the molecule is O=C(/C=C/c1cccc(Br)c1)Nc1ccc(S(=O)(=O)Nc2ncccn2)cc1. The van der Waals surface area contributed by atoms with E-state index in [-0.39, 0.29) is 16.8 Å². The molecule has 2 N–H and O–H groups in total. The quantitative estimate of drug-likeness (QED) is 0.548. The summed E-state index contributed by atoms with van der Waals surface area (Å²) >= 11 is 3.37. The summed E-state index contributed by atoms with van der Waals surface area (Å²) in [5.74, 6) is -0.344. The Bertz CT molecular complexity index is 1100. The predicted molar refractivity (Wildman–Crippen MR) is 111 cm³/mol. The zero-order chi connectivity index (χ0) is 20.0. The van der Waals surface area contributed by atoms with Crippen LogP contribution in [0.15, 0.2) is 82.4 Å². The molecular formula is C19H15BrN4O3S. The van der Waals surface area contributed by atoms with Crippen LogP contribution in [0.25, 0.3) is 6.08 Å². The van der Waals surface area contributed by atoms with Gasteiger partial charge in [0.05, 0.1) is 4.90 Å². The lowest BCUT2D eigenvalue weighted by atomic mass is 10.2. The van der Waals surface area contributed by atoms with E-state index in [1.54, 1.807) is 12.1 Å². The fraction of sp³-hybridized carbons (Fsp3) is 0. The highest BCUT2D eigenvalue weighted by atomic mass is 79.9. The molecule has 7 nitrogen and oxygen atoms in total. The molecule has 1 amide bonds. The van der Waals surface area contributed by atoms with Crippen molar-refractivity contribution in [3.63, 3.8) is 0 Å². The van der Waals surface area contributed by atoms with Gasteiger partial charge in [-0.2, -0.15) is 0 Å². The van der Waals surface area contributed by atoms with E-state index in [4.69, 9.17) is 0 Å². The van der Waals surface area contributed by atoms with Crippen LogP contribution < -0.4 is 10.0 Å². The van der Waals surface area contributed by atoms with Crippen LogP contribution in [0.2, 0.25) is 0 Å². The molecule has 1 heterocycles. The van der Waals surface area contributed by atoms with Gasteiger partial charge < -0.3 is 5.32 Å². The molecular weight excluding hydrogens is 444 g/mol. The minimum absolute atomic E-state index is 0.0161. The van der Waals surface area contributed by atoms with Crippen LogP contribution in [-0.2, 0) is 14.8 Å². The van der Waals surface area contributed by atoms with E-state index in [0.29, 0.717) is 5.69 Å². The van der Waals surface area contributed by atoms with Gasteiger partial charge in [-0.05, 0) is 54.1 Å². The molecule has 0 unspecified atom stereocenters. The molecule has 0 saturated carbocycles. The molecule has 0 radical (unpaired) electrons. The average molecular weight is 459 g/mol. The molecule has 2 aromatic carbocycles. The lowest BCUT2D eigenvalue weighted by molar-refractivity contribution is -0.111. The number of amides is 1. The molecule has 1 aromatic heterocycles. The van der Waals surface area contributed by atoms with Crippen LogP contribution in [0.4, 0.5) is 11.6 Å². The number of rotatable bonds is 6. The summed E-state index contributed by atoms with van der Waals surface area (Å²) in [6, 6.07) is 14.9. The molecule has 28 heavy (non-hydrogen) atoms. The number of carbonyl (C=O) groups is 1. The van der Waals surface area contributed by atoms with Gasteiger partial charge in [-0.15, -0.1) is 0 Å². The lowest BCUT2D eigenvalue weighted by Crippen LogP contribution is -2.15. The third-order valence-corrected chi connectivity index (χ3v) is 5.34. The number of sulfonamides is 1. The monoisotopic (exact) mass is 458 g/mol. The zero-order valence-corrected chi connectivity index (χ0v) is 16.8. The Balaban J connectivity index is 1.64. The summed E-state index contributed by atoms with van der Waals surface area (Å²) in [5, 5.41) is 2.68. The van der Waals surface area contributed by atoms with Gasteiger partial charge in [-0.1, -0.05) is 28.1 Å². The summed E-state index contributed by atoms with van der Waals surface area (Å²) in [6.45, 7) is 0. The van der Waals surface area contributed by atoms with Crippen LogP contribution in [0.1, 0.15) is 5.56 Å². The van der Waals surface area contributed by atoms with Gasteiger partial charge in [0.1, 0.15) is 0 Å². The van der Waals surface area contributed by atoms with E-state index in [2.05, 4.69) is 35.9 Å². The fourth-order valence-corrected chi connectivity index (χ4v) is 3.59. The normalized spacial score (nSPS) is 11.3. The Morgan fingerprint density at radius 1 is 1.00 bits per heavy atom. The molecule has 9 heteroatoms. The number of hydrogen-bond donors (Lipinski definition) is 2. The number of benzene rings is 2. The molecule has 0 fully saturated rings. The number of carbonyl (C=O) groups excluding carboxylic acids is 1. The second kappa shape index (κ2) is 8.77. The molecule has 3 rings (SSSR count). The van der Waals surface area contributed by atoms with E-state index in [1.165, 1.54) is 42.7 Å². The first-order valence-corrected chi connectivity index (χ1v) is 10.3. The van der Waals surface area contributed by atoms with Gasteiger partial charge in [-0.3, -0.25) is 4.79 Å². The molecule has 0 aliphatic heterocycles. The van der Waals surface area contributed by atoms with Gasteiger partial charge in [0, 0.05) is 28.6 Å². The summed E-state index contributed by atoms with van der Waals surface area (Å²) < 4.78 is 27.9. The molecule has 142 valence electrons. The van der Waals surface area contributed by atoms with Gasteiger partial charge in [0.15, 0.2) is 0 Å². The predicted octanol–water partition coefficient (Wildman–Crippen LogP) is 3.69. The minimum atomic E-state index is -3.82. The second-order valence-electron chi connectivity index (χ2n) is 5.58. The molecule has 0 aliphatic carbocycles. The van der Waals surface area contributed by atoms with Gasteiger partial charge in [-0.25, -0.2) is 23.1 Å². The summed E-state index contributed by atoms with van der Waals surface area (Å²) in [5.41, 5.74) is 1.35. The van der Waals surface area contributed by atoms with Crippen molar-refractivity contribution in [2.45, 2.75) is 4.90 Å². The third-order valence-electron chi connectivity index (χ3n) is 3.50. The molecule has 3 aromatic rings. The fourth-order valence-electron chi connectivity index (χ4n) is 2.21. The second-order valence-corrected chi connectivity index (χ2v) is 8.18. The number of hydrogen-bond acceptors (Lipinski definition) is 5. The minimum Gasteiger partial charge on any atom is -0.323 e. The Labute approximate surface area is 170 Å². The van der Waals surface area contributed by atoms with Gasteiger partial charge in [0.2, 0.25) is 11.9 Å². The van der Waals surface area contributed by atoms with Crippen molar-refractivity contribution in [1.29, 1.82) is 0 Å². The molecule has 0 aliphatic rings. The van der Waals surface area contributed by atoms with Crippen molar-refractivity contribution in [1.82, 2.24) is 9.97 Å². The highest BCUT2D eigenvalue weighted by Gasteiger charge is 2.15. The highest BCUT2D eigenvalue weighted by Crippen LogP contribution is 2.17. The largest absolute Gasteiger partial charge is 0.323 e. The number of aromatic nitrogens is 2. The van der Waals surface area contributed by atoms with Crippen molar-refractivity contribution < 1.29 is 13.2 Å². The maximum absolute atomic E-state index is 12.3. The Morgan fingerprint density at radius 2 is 1.71 bits per heavy atom. The molecule has 0 saturated heterocycles. The lowest BCUT2D eigenvalue weighted by Gasteiger charge is -2.07. The van der Waals surface area contributed by atoms with Gasteiger partial charge in [0.25, 0.3) is 10.0 Å². The van der Waals surface area contributed by atoms with Crippen LogP contribution in [-0.4, -0.2) is 24.3 Å². The van der Waals surface area contributed by atoms with Crippen molar-refractivity contribution in [2.24, 2.45) is 0 Å². The summed E-state index contributed by atoms with van der Waals surface area (Å²) in [6.07, 6.45) is 5.96. The number of nitrogens with zero attached hydrogens (tertiary/aromatic N) is 2. The van der Waals surface area contributed by atoms with Crippen LogP contribution >= 0.6 is 15.9 Å². The number of anilines is 2. The summed E-state index contributed by atoms with van der Waals surface area (Å²) in [7, 11) is -3.82. The Morgan fingerprint density at radius 3 is 2.39 bits per heavy atom. The summed E-state index contributed by atoms with van der Waals surface area (Å²) in [4.78, 5) is 19.7. The first-order chi connectivity index (χ1) is 13.4. The smallest absolute Gasteiger partial charge is 0.264 e. The number of halogens is 1. The standard InChI is InChI=1S/C19H15BrN4O3S/c20-15-4-1-3-14(13-15)5-10-18(25)23-16-6-8-17(9-7-16)28(26,27)24-19-21-11-2-12-22-19/h1-13H,(H,23,25)(H,21,22,24)/b10-5+. The van der Waals surface area contributed by atoms with Gasteiger partial charge >= 0.3 is 0 Å².